The summed E-state index contributed by atoms with van der Waals surface area (Å²) >= 11 is 0.772. The van der Waals surface area contributed by atoms with E-state index < -0.39 is 27.6 Å². The highest BCUT2D eigenvalue weighted by molar-refractivity contribution is 7.89. The number of nitrogens with two attached hydrogens (primary N) is 1. The fourth-order valence-corrected chi connectivity index (χ4v) is 2.18. The van der Waals surface area contributed by atoms with Crippen molar-refractivity contribution in [1.82, 2.24) is 5.32 Å². The maximum atomic E-state index is 12.5. The summed E-state index contributed by atoms with van der Waals surface area (Å²) in [5, 5.41) is 7.52. The minimum absolute atomic E-state index is 0.142. The molecule has 9 heteroatoms. The smallest absolute Gasteiger partial charge is 0.273 e. The first-order valence-corrected chi connectivity index (χ1v) is 7.37. The third-order valence-electron chi connectivity index (χ3n) is 2.25. The van der Waals surface area contributed by atoms with Gasteiger partial charge in [0.25, 0.3) is 12.3 Å². The van der Waals surface area contributed by atoms with Gasteiger partial charge in [-0.3, -0.25) is 4.79 Å². The number of sulfonamides is 1. The highest BCUT2D eigenvalue weighted by Crippen LogP contribution is 2.28. The van der Waals surface area contributed by atoms with E-state index in [4.69, 9.17) is 5.14 Å². The quantitative estimate of drug-likeness (QED) is 0.852. The Kier molecular flexibility index (Phi) is 4.77. The zero-order valence-corrected chi connectivity index (χ0v) is 11.0. The number of nitrogens with one attached hydrogen (secondary N) is 1. The van der Waals surface area contributed by atoms with E-state index in [9.17, 15) is 22.0 Å². The maximum absolute atomic E-state index is 12.5. The summed E-state index contributed by atoms with van der Waals surface area (Å²) in [6, 6.07) is 1.27. The first-order valence-electron chi connectivity index (χ1n) is 4.88. The van der Waals surface area contributed by atoms with E-state index in [1.165, 1.54) is 18.4 Å². The van der Waals surface area contributed by atoms with Crippen molar-refractivity contribution in [2.45, 2.75) is 18.6 Å². The maximum Gasteiger partial charge on any atom is 0.273 e. The molecule has 5 nitrogen and oxygen atoms in total. The molecule has 1 amide bonds. The summed E-state index contributed by atoms with van der Waals surface area (Å²) in [7, 11) is -3.75. The summed E-state index contributed by atoms with van der Waals surface area (Å²) < 4.78 is 46.9. The Labute approximate surface area is 107 Å². The van der Waals surface area contributed by atoms with Crippen LogP contribution in [0.2, 0.25) is 0 Å². The van der Waals surface area contributed by atoms with Crippen molar-refractivity contribution in [1.29, 1.82) is 0 Å². The molecule has 1 unspecified atom stereocenters. The van der Waals surface area contributed by atoms with Crippen molar-refractivity contribution in [3.63, 3.8) is 0 Å². The molecule has 102 valence electrons. The van der Waals surface area contributed by atoms with E-state index in [0.29, 0.717) is 0 Å². The second-order valence-electron chi connectivity index (χ2n) is 3.61. The number of hydrogen-bond acceptors (Lipinski definition) is 4. The van der Waals surface area contributed by atoms with Crippen molar-refractivity contribution in [3.8, 4) is 0 Å². The minimum atomic E-state index is -3.75. The first-order chi connectivity index (χ1) is 8.23. The Hall–Kier alpha value is -1.06. The van der Waals surface area contributed by atoms with Gasteiger partial charge in [-0.25, -0.2) is 22.3 Å². The summed E-state index contributed by atoms with van der Waals surface area (Å²) in [6.07, 6.45) is -2.73. The highest BCUT2D eigenvalue weighted by Gasteiger charge is 2.21. The molecule has 0 aliphatic rings. The van der Waals surface area contributed by atoms with Gasteiger partial charge in [-0.1, -0.05) is 0 Å². The molecule has 0 aromatic carbocycles. The number of hydrogen-bond donors (Lipinski definition) is 2. The van der Waals surface area contributed by atoms with Crippen LogP contribution < -0.4 is 10.5 Å². The molecule has 0 saturated heterocycles. The van der Waals surface area contributed by atoms with Crippen LogP contribution in [0.5, 0.6) is 0 Å². The van der Waals surface area contributed by atoms with Crippen LogP contribution in [0.25, 0.3) is 0 Å². The average Bonchev–Trinajstić information content (AvgIpc) is 2.72. The second-order valence-corrected chi connectivity index (χ2v) is 6.54. The number of carbonyl (C=O) groups is 1. The molecule has 0 radical (unpaired) electrons. The molecule has 0 spiro atoms. The third-order valence-corrected chi connectivity index (χ3v) is 4.46. The summed E-state index contributed by atoms with van der Waals surface area (Å²) in [4.78, 5) is 11.3. The van der Waals surface area contributed by atoms with E-state index in [0.717, 1.165) is 11.3 Å². The lowest BCUT2D eigenvalue weighted by Gasteiger charge is -2.10. The number of amides is 1. The molecule has 0 saturated carbocycles. The molecule has 0 bridgehead atoms. The Morgan fingerprint density at radius 2 is 2.17 bits per heavy atom. The topological polar surface area (TPSA) is 89.3 Å². The van der Waals surface area contributed by atoms with Gasteiger partial charge in [-0.15, -0.1) is 11.3 Å². The summed E-state index contributed by atoms with van der Waals surface area (Å²) in [5.74, 6) is -0.734. The lowest BCUT2D eigenvalue weighted by Crippen LogP contribution is -2.38. The molecule has 1 heterocycles. The lowest BCUT2D eigenvalue weighted by molar-refractivity contribution is 0.0943. The Morgan fingerprint density at radius 3 is 2.67 bits per heavy atom. The zero-order chi connectivity index (χ0) is 13.9. The number of halogens is 2. The van der Waals surface area contributed by atoms with Gasteiger partial charge in [0.05, 0.1) is 15.7 Å². The van der Waals surface area contributed by atoms with Crippen molar-refractivity contribution >= 4 is 27.3 Å². The van der Waals surface area contributed by atoms with Gasteiger partial charge < -0.3 is 5.32 Å². The zero-order valence-electron chi connectivity index (χ0n) is 9.39. The van der Waals surface area contributed by atoms with E-state index in [1.54, 1.807) is 0 Å². The highest BCUT2D eigenvalue weighted by atomic mass is 32.2. The SMILES string of the molecule is CC(CNC(=O)c1ccsc1C(F)F)S(N)(=O)=O. The summed E-state index contributed by atoms with van der Waals surface area (Å²) in [5.41, 5.74) is -0.142. The van der Waals surface area contributed by atoms with E-state index in [1.807, 2.05) is 0 Å². The van der Waals surface area contributed by atoms with Crippen LogP contribution in [0.15, 0.2) is 11.4 Å². The molecule has 1 atom stereocenters. The van der Waals surface area contributed by atoms with E-state index in [2.05, 4.69) is 5.32 Å². The Bertz CT molecular complexity index is 528. The average molecular weight is 298 g/mol. The van der Waals surface area contributed by atoms with Crippen LogP contribution in [-0.4, -0.2) is 26.1 Å². The van der Waals surface area contributed by atoms with Crippen LogP contribution in [0.3, 0.4) is 0 Å². The molecule has 1 rings (SSSR count). The largest absolute Gasteiger partial charge is 0.351 e. The standard InChI is InChI=1S/C9H12F2N2O3S2/c1-5(18(12,15)16)4-13-9(14)6-2-3-17-7(6)8(10)11/h2-3,5,8H,4H2,1H3,(H,13,14)(H2,12,15,16). The van der Waals surface area contributed by atoms with Crippen LogP contribution in [0, 0.1) is 0 Å². The number of alkyl halides is 2. The Balaban J connectivity index is 2.69. The minimum Gasteiger partial charge on any atom is -0.351 e. The van der Waals surface area contributed by atoms with Gasteiger partial charge in [0.1, 0.15) is 0 Å². The number of primary sulfonamides is 1. The van der Waals surface area contributed by atoms with E-state index in [-0.39, 0.29) is 17.0 Å². The van der Waals surface area contributed by atoms with Gasteiger partial charge in [-0.2, -0.15) is 0 Å². The fraction of sp³-hybridized carbons (Fsp3) is 0.444. The van der Waals surface area contributed by atoms with Crippen LogP contribution in [0.1, 0.15) is 28.6 Å². The number of thiophene rings is 1. The fourth-order valence-electron chi connectivity index (χ4n) is 1.13. The molecule has 3 N–H and O–H groups in total. The van der Waals surface area contributed by atoms with Crippen LogP contribution in [0.4, 0.5) is 8.78 Å². The molecule has 18 heavy (non-hydrogen) atoms. The van der Waals surface area contributed by atoms with Crippen molar-refractivity contribution in [2.24, 2.45) is 5.14 Å². The van der Waals surface area contributed by atoms with Crippen LogP contribution >= 0.6 is 11.3 Å². The summed E-state index contributed by atoms with van der Waals surface area (Å²) in [6.45, 7) is 1.09. The molecular formula is C9H12F2N2O3S2. The molecule has 0 fully saturated rings. The molecule has 1 aromatic rings. The normalized spacial score (nSPS) is 13.6. The Morgan fingerprint density at radius 1 is 1.56 bits per heavy atom. The predicted molar refractivity (Wildman–Crippen MR) is 64.2 cm³/mol. The second kappa shape index (κ2) is 5.72. The van der Waals surface area contributed by atoms with Crippen molar-refractivity contribution in [2.75, 3.05) is 6.54 Å². The van der Waals surface area contributed by atoms with Gasteiger partial charge >= 0.3 is 0 Å². The van der Waals surface area contributed by atoms with Gasteiger partial charge in [0.2, 0.25) is 10.0 Å². The molecular weight excluding hydrogens is 286 g/mol. The number of carbonyl (C=O) groups excluding carboxylic acids is 1. The van der Waals surface area contributed by atoms with Crippen molar-refractivity contribution < 1.29 is 22.0 Å². The van der Waals surface area contributed by atoms with Crippen LogP contribution in [-0.2, 0) is 10.0 Å². The van der Waals surface area contributed by atoms with E-state index >= 15 is 0 Å². The van der Waals surface area contributed by atoms with Gasteiger partial charge in [0.15, 0.2) is 0 Å². The third kappa shape index (κ3) is 3.72. The molecule has 1 aromatic heterocycles. The van der Waals surface area contributed by atoms with Gasteiger partial charge in [0, 0.05) is 6.54 Å². The van der Waals surface area contributed by atoms with Crippen molar-refractivity contribution in [3.05, 3.63) is 21.9 Å². The molecule has 0 aliphatic heterocycles. The van der Waals surface area contributed by atoms with Gasteiger partial charge in [-0.05, 0) is 18.4 Å². The lowest BCUT2D eigenvalue weighted by atomic mass is 10.2. The first kappa shape index (κ1) is 15.0. The number of rotatable bonds is 5. The monoisotopic (exact) mass is 298 g/mol. The molecule has 0 aliphatic carbocycles. The predicted octanol–water partition coefficient (Wildman–Crippen LogP) is 1.09.